The zero-order valence-corrected chi connectivity index (χ0v) is 10.5. The molecule has 0 spiro atoms. The zero-order chi connectivity index (χ0) is 11.2. The van der Waals surface area contributed by atoms with E-state index in [0.29, 0.717) is 6.04 Å². The lowest BCUT2D eigenvalue weighted by atomic mass is 9.88. The molecular weight excluding hydrogens is 198 g/mol. The van der Waals surface area contributed by atoms with E-state index in [1.165, 1.54) is 38.5 Å². The predicted octanol–water partition coefficient (Wildman–Crippen LogP) is 2.55. The van der Waals surface area contributed by atoms with Crippen LogP contribution in [-0.2, 0) is 0 Å². The molecule has 2 saturated carbocycles. The molecular formula is C14H25NO. The maximum Gasteiger partial charge on any atom is 0.0791 e. The summed E-state index contributed by atoms with van der Waals surface area (Å²) in [4.78, 5) is 2.56. The lowest BCUT2D eigenvalue weighted by Gasteiger charge is -2.26. The molecule has 3 aliphatic rings. The van der Waals surface area contributed by atoms with Gasteiger partial charge in [0.25, 0.3) is 0 Å². The highest BCUT2D eigenvalue weighted by molar-refractivity contribution is 5.01. The Kier molecular flexibility index (Phi) is 2.75. The average molecular weight is 223 g/mol. The quantitative estimate of drug-likeness (QED) is 0.795. The van der Waals surface area contributed by atoms with Gasteiger partial charge in [-0.2, -0.15) is 0 Å². The van der Waals surface area contributed by atoms with E-state index in [0.717, 1.165) is 31.3 Å². The van der Waals surface area contributed by atoms with Crippen molar-refractivity contribution in [1.82, 2.24) is 4.90 Å². The molecule has 0 radical (unpaired) electrons. The molecule has 0 bridgehead atoms. The molecule has 0 aromatic heterocycles. The Morgan fingerprint density at radius 2 is 1.88 bits per heavy atom. The van der Waals surface area contributed by atoms with Crippen molar-refractivity contribution in [3.8, 4) is 0 Å². The summed E-state index contributed by atoms with van der Waals surface area (Å²) in [5, 5.41) is 10.7. The van der Waals surface area contributed by atoms with Gasteiger partial charge in [-0.3, -0.25) is 4.90 Å². The van der Waals surface area contributed by atoms with Crippen LogP contribution in [0.25, 0.3) is 0 Å². The normalized spacial score (nSPS) is 42.0. The number of β-amino-alcohol motifs (C(OH)–C–C–N with tert-alkyl or cyclic N) is 1. The van der Waals surface area contributed by atoms with Crippen molar-refractivity contribution >= 4 is 0 Å². The molecule has 1 heterocycles. The molecule has 3 fully saturated rings. The Balaban J connectivity index is 1.60. The van der Waals surface area contributed by atoms with Gasteiger partial charge in [-0.25, -0.2) is 0 Å². The third-order valence-electron chi connectivity index (χ3n) is 4.88. The van der Waals surface area contributed by atoms with Gasteiger partial charge < -0.3 is 5.11 Å². The van der Waals surface area contributed by atoms with Crippen LogP contribution < -0.4 is 0 Å². The second kappa shape index (κ2) is 3.99. The van der Waals surface area contributed by atoms with E-state index in [-0.39, 0.29) is 5.60 Å². The number of aliphatic hydroxyl groups is 1. The molecule has 0 aromatic carbocycles. The zero-order valence-electron chi connectivity index (χ0n) is 10.5. The van der Waals surface area contributed by atoms with Crippen molar-refractivity contribution in [2.24, 2.45) is 5.92 Å². The first-order valence-corrected chi connectivity index (χ1v) is 7.14. The summed E-state index contributed by atoms with van der Waals surface area (Å²) in [6, 6.07) is 1.42. The molecule has 2 unspecified atom stereocenters. The summed E-state index contributed by atoms with van der Waals surface area (Å²) in [5.41, 5.74) is -0.350. The number of hydrogen-bond donors (Lipinski definition) is 1. The molecule has 1 aliphatic heterocycles. The van der Waals surface area contributed by atoms with Crippen molar-refractivity contribution in [1.29, 1.82) is 0 Å². The van der Waals surface area contributed by atoms with Crippen LogP contribution in [0.5, 0.6) is 0 Å². The summed E-state index contributed by atoms with van der Waals surface area (Å²) in [6.07, 6.45) is 10.3. The summed E-state index contributed by atoms with van der Waals surface area (Å²) in [6.45, 7) is 3.25. The van der Waals surface area contributed by atoms with Crippen molar-refractivity contribution < 1.29 is 5.11 Å². The van der Waals surface area contributed by atoms with E-state index in [2.05, 4.69) is 11.8 Å². The van der Waals surface area contributed by atoms with Gasteiger partial charge in [-0.05, 0) is 38.5 Å². The van der Waals surface area contributed by atoms with Gasteiger partial charge in [0.1, 0.15) is 0 Å². The highest BCUT2D eigenvalue weighted by Gasteiger charge is 2.46. The van der Waals surface area contributed by atoms with Crippen molar-refractivity contribution in [3.63, 3.8) is 0 Å². The third-order valence-corrected chi connectivity index (χ3v) is 4.88. The van der Waals surface area contributed by atoms with Gasteiger partial charge in [-0.15, -0.1) is 0 Å². The monoisotopic (exact) mass is 223 g/mol. The molecule has 16 heavy (non-hydrogen) atoms. The molecule has 3 rings (SSSR count). The van der Waals surface area contributed by atoms with E-state index in [9.17, 15) is 5.11 Å². The maximum absolute atomic E-state index is 10.7. The van der Waals surface area contributed by atoms with E-state index in [4.69, 9.17) is 0 Å². The fraction of sp³-hybridized carbons (Fsp3) is 1.00. The molecule has 2 heteroatoms. The fourth-order valence-corrected chi connectivity index (χ4v) is 4.02. The topological polar surface area (TPSA) is 23.5 Å². The number of likely N-dealkylation sites (tertiary alicyclic amines) is 1. The molecule has 2 nitrogen and oxygen atoms in total. The molecule has 1 saturated heterocycles. The van der Waals surface area contributed by atoms with Crippen molar-refractivity contribution in [2.45, 2.75) is 76.0 Å². The van der Waals surface area contributed by atoms with Crippen LogP contribution in [0.3, 0.4) is 0 Å². The Bertz CT molecular complexity index is 253. The Morgan fingerprint density at radius 1 is 1.19 bits per heavy atom. The molecule has 1 N–H and O–H groups in total. The molecule has 0 aromatic rings. The highest BCUT2D eigenvalue weighted by Crippen LogP contribution is 2.41. The maximum atomic E-state index is 10.7. The Morgan fingerprint density at radius 3 is 2.50 bits per heavy atom. The fourth-order valence-electron chi connectivity index (χ4n) is 4.02. The van der Waals surface area contributed by atoms with Crippen LogP contribution in [0.4, 0.5) is 0 Å². The minimum Gasteiger partial charge on any atom is -0.388 e. The van der Waals surface area contributed by atoms with Gasteiger partial charge in [0.2, 0.25) is 0 Å². The average Bonchev–Trinajstić information content (AvgIpc) is 2.86. The molecule has 0 amide bonds. The minimum absolute atomic E-state index is 0.350. The number of nitrogens with zero attached hydrogens (tertiary/aromatic N) is 1. The SMILES string of the molecule is CC1CC(O)(CC2CCCC2)CN1C1CC1. The third kappa shape index (κ3) is 2.14. The van der Waals surface area contributed by atoms with Crippen LogP contribution in [0, 0.1) is 5.92 Å². The van der Waals surface area contributed by atoms with Crippen LogP contribution >= 0.6 is 0 Å². The van der Waals surface area contributed by atoms with Crippen molar-refractivity contribution in [3.05, 3.63) is 0 Å². The van der Waals surface area contributed by atoms with Crippen molar-refractivity contribution in [2.75, 3.05) is 6.54 Å². The molecule has 2 atom stereocenters. The van der Waals surface area contributed by atoms with E-state index >= 15 is 0 Å². The van der Waals surface area contributed by atoms with Crippen LogP contribution in [0.15, 0.2) is 0 Å². The largest absolute Gasteiger partial charge is 0.388 e. The van der Waals surface area contributed by atoms with Crippen LogP contribution in [0.1, 0.15) is 58.3 Å². The van der Waals surface area contributed by atoms with Gasteiger partial charge in [-0.1, -0.05) is 25.7 Å². The second-order valence-corrected chi connectivity index (χ2v) is 6.54. The summed E-state index contributed by atoms with van der Waals surface area (Å²) in [7, 11) is 0. The predicted molar refractivity (Wildman–Crippen MR) is 65.3 cm³/mol. The van der Waals surface area contributed by atoms with Gasteiger partial charge in [0.05, 0.1) is 5.60 Å². The first kappa shape index (κ1) is 11.0. The summed E-state index contributed by atoms with van der Waals surface area (Å²) < 4.78 is 0. The lowest BCUT2D eigenvalue weighted by Crippen LogP contribution is -2.36. The Labute approximate surface area is 99.0 Å². The van der Waals surface area contributed by atoms with Crippen LogP contribution in [0.2, 0.25) is 0 Å². The molecule has 92 valence electrons. The standard InChI is InChI=1S/C14H25NO/c1-11-8-14(16,9-12-4-2-3-5-12)10-15(11)13-6-7-13/h11-13,16H,2-10H2,1H3. The number of hydrogen-bond acceptors (Lipinski definition) is 2. The summed E-state index contributed by atoms with van der Waals surface area (Å²) in [5.74, 6) is 0.816. The minimum atomic E-state index is -0.350. The Hall–Kier alpha value is -0.0800. The first-order valence-electron chi connectivity index (χ1n) is 7.14. The van der Waals surface area contributed by atoms with E-state index in [1.807, 2.05) is 0 Å². The van der Waals surface area contributed by atoms with Crippen LogP contribution in [-0.4, -0.2) is 34.2 Å². The first-order chi connectivity index (χ1) is 7.66. The van der Waals surface area contributed by atoms with E-state index < -0.39 is 0 Å². The second-order valence-electron chi connectivity index (χ2n) is 6.54. The van der Waals surface area contributed by atoms with Gasteiger partial charge in [0.15, 0.2) is 0 Å². The summed E-state index contributed by atoms with van der Waals surface area (Å²) >= 11 is 0. The molecule has 2 aliphatic carbocycles. The van der Waals surface area contributed by atoms with Gasteiger partial charge in [0, 0.05) is 18.6 Å². The van der Waals surface area contributed by atoms with Gasteiger partial charge >= 0.3 is 0 Å². The number of rotatable bonds is 3. The van der Waals surface area contributed by atoms with E-state index in [1.54, 1.807) is 0 Å². The smallest absolute Gasteiger partial charge is 0.0791 e. The lowest BCUT2D eigenvalue weighted by molar-refractivity contribution is 0.0243. The highest BCUT2D eigenvalue weighted by atomic mass is 16.3.